The largest absolute Gasteiger partial charge is 0.421 e. The van der Waals surface area contributed by atoms with E-state index in [1.54, 1.807) is 30.3 Å². The van der Waals surface area contributed by atoms with Crippen molar-refractivity contribution in [2.45, 2.75) is 6.92 Å². The molecule has 2 rings (SSSR count). The lowest BCUT2D eigenvalue weighted by atomic mass is 10.1. The summed E-state index contributed by atoms with van der Waals surface area (Å²) in [6.07, 6.45) is 0. The van der Waals surface area contributed by atoms with Gasteiger partial charge in [-0.15, -0.1) is 0 Å². The van der Waals surface area contributed by atoms with Crippen LogP contribution in [0.4, 0.5) is 0 Å². The molecule has 2 aromatic carbocycles. The number of ether oxygens (including phenoxy) is 1. The molecule has 0 aliphatic carbocycles. The lowest BCUT2D eigenvalue weighted by Gasteiger charge is -2.07. The summed E-state index contributed by atoms with van der Waals surface area (Å²) in [5.41, 5.74) is 1.67. The molecular weight excluding hydrogens is 262 g/mol. The second-order valence-electron chi connectivity index (χ2n) is 4.02. The summed E-state index contributed by atoms with van der Waals surface area (Å²) in [5.74, 6) is -0.223. The van der Waals surface area contributed by atoms with Gasteiger partial charge in [-0.3, -0.25) is 0 Å². The van der Waals surface area contributed by atoms with E-state index >= 15 is 0 Å². The van der Waals surface area contributed by atoms with Gasteiger partial charge in [-0.1, -0.05) is 23.7 Å². The summed E-state index contributed by atoms with van der Waals surface area (Å²) in [7, 11) is 0. The Morgan fingerprint density at radius 1 is 1.26 bits per heavy atom. The van der Waals surface area contributed by atoms with Gasteiger partial charge in [-0.2, -0.15) is 5.26 Å². The van der Waals surface area contributed by atoms with Crippen LogP contribution in [0.25, 0.3) is 0 Å². The molecule has 0 bridgehead atoms. The van der Waals surface area contributed by atoms with E-state index < -0.39 is 5.97 Å². The quantitative estimate of drug-likeness (QED) is 0.617. The number of rotatable bonds is 2. The molecule has 0 aliphatic rings. The van der Waals surface area contributed by atoms with Gasteiger partial charge in [0.25, 0.3) is 0 Å². The number of nitriles is 1. The molecule has 4 heteroatoms. The van der Waals surface area contributed by atoms with Crippen LogP contribution < -0.4 is 4.74 Å². The second-order valence-corrected chi connectivity index (χ2v) is 4.42. The molecule has 94 valence electrons. The second kappa shape index (κ2) is 5.55. The Hall–Kier alpha value is -2.31. The van der Waals surface area contributed by atoms with Crippen molar-refractivity contribution in [3.8, 4) is 11.8 Å². The lowest BCUT2D eigenvalue weighted by Crippen LogP contribution is -2.09. The molecule has 19 heavy (non-hydrogen) atoms. The minimum absolute atomic E-state index is 0.314. The van der Waals surface area contributed by atoms with Crippen LogP contribution in [-0.4, -0.2) is 5.97 Å². The first-order chi connectivity index (χ1) is 9.10. The molecule has 0 fully saturated rings. The summed E-state index contributed by atoms with van der Waals surface area (Å²) < 4.78 is 5.23. The van der Waals surface area contributed by atoms with E-state index in [0.717, 1.165) is 5.56 Å². The number of hydrogen-bond acceptors (Lipinski definition) is 3. The van der Waals surface area contributed by atoms with E-state index in [2.05, 4.69) is 0 Å². The normalized spacial score (nSPS) is 9.74. The maximum Gasteiger partial charge on any atom is 0.343 e. The van der Waals surface area contributed by atoms with Gasteiger partial charge in [0.1, 0.15) is 5.75 Å². The highest BCUT2D eigenvalue weighted by Crippen LogP contribution is 2.26. The van der Waals surface area contributed by atoms with Crippen LogP contribution in [-0.2, 0) is 0 Å². The summed E-state index contributed by atoms with van der Waals surface area (Å²) >= 11 is 5.96. The van der Waals surface area contributed by atoms with E-state index in [4.69, 9.17) is 21.6 Å². The van der Waals surface area contributed by atoms with Gasteiger partial charge in [0.15, 0.2) is 0 Å². The number of aryl methyl sites for hydroxylation is 1. The van der Waals surface area contributed by atoms with Crippen molar-refractivity contribution in [1.29, 1.82) is 5.26 Å². The molecule has 0 radical (unpaired) electrons. The highest BCUT2D eigenvalue weighted by atomic mass is 35.5. The van der Waals surface area contributed by atoms with Crippen LogP contribution in [0, 0.1) is 18.3 Å². The number of nitrogens with zero attached hydrogens (tertiary/aromatic N) is 1. The van der Waals surface area contributed by atoms with E-state index in [0.29, 0.717) is 21.9 Å². The van der Waals surface area contributed by atoms with Crippen LogP contribution in [0.5, 0.6) is 5.75 Å². The van der Waals surface area contributed by atoms with Gasteiger partial charge >= 0.3 is 5.97 Å². The molecule has 0 aromatic heterocycles. The monoisotopic (exact) mass is 271 g/mol. The molecule has 0 heterocycles. The smallest absolute Gasteiger partial charge is 0.343 e. The van der Waals surface area contributed by atoms with Gasteiger partial charge in [-0.25, -0.2) is 4.79 Å². The third-order valence-corrected chi connectivity index (χ3v) is 2.83. The van der Waals surface area contributed by atoms with Crippen molar-refractivity contribution in [3.05, 3.63) is 64.2 Å². The molecular formula is C15H10ClNO2. The van der Waals surface area contributed by atoms with Gasteiger partial charge in [0, 0.05) is 0 Å². The maximum atomic E-state index is 12.0. The third kappa shape index (κ3) is 3.12. The van der Waals surface area contributed by atoms with Crippen LogP contribution in [0.3, 0.4) is 0 Å². The molecule has 0 unspecified atom stereocenters. The number of halogens is 1. The number of benzene rings is 2. The van der Waals surface area contributed by atoms with Crippen molar-refractivity contribution in [1.82, 2.24) is 0 Å². The first-order valence-electron chi connectivity index (χ1n) is 5.58. The summed E-state index contributed by atoms with van der Waals surface area (Å²) in [6, 6.07) is 13.5. The number of carbonyl (C=O) groups is 1. The van der Waals surface area contributed by atoms with Crippen molar-refractivity contribution < 1.29 is 9.53 Å². The molecule has 0 saturated carbocycles. The number of carbonyl (C=O) groups excluding carboxylic acids is 1. The molecule has 0 aliphatic heterocycles. The summed E-state index contributed by atoms with van der Waals surface area (Å²) in [4.78, 5) is 12.0. The van der Waals surface area contributed by atoms with E-state index in [1.165, 1.54) is 6.07 Å². The van der Waals surface area contributed by atoms with Crippen molar-refractivity contribution in [3.63, 3.8) is 0 Å². The van der Waals surface area contributed by atoms with Gasteiger partial charge in [0.2, 0.25) is 0 Å². The highest BCUT2D eigenvalue weighted by Gasteiger charge is 2.11. The summed E-state index contributed by atoms with van der Waals surface area (Å²) in [6.45, 7) is 1.88. The fraction of sp³-hybridized carbons (Fsp3) is 0.0667. The first-order valence-corrected chi connectivity index (χ1v) is 5.96. The zero-order chi connectivity index (χ0) is 13.8. The topological polar surface area (TPSA) is 50.1 Å². The van der Waals surface area contributed by atoms with Gasteiger partial charge in [-0.05, 0) is 42.8 Å². The maximum absolute atomic E-state index is 12.0. The zero-order valence-corrected chi connectivity index (χ0v) is 10.9. The Labute approximate surface area is 116 Å². The molecule has 0 N–H and O–H groups in total. The third-order valence-electron chi connectivity index (χ3n) is 2.52. The van der Waals surface area contributed by atoms with E-state index in [1.807, 2.05) is 19.1 Å². The van der Waals surface area contributed by atoms with Crippen LogP contribution in [0.2, 0.25) is 5.02 Å². The Bertz CT molecular complexity index is 674. The predicted octanol–water partition coefficient (Wildman–Crippen LogP) is 3.74. The average molecular weight is 272 g/mol. The SMILES string of the molecule is Cc1ccc(Cl)c(OC(=O)c2cccc(C#N)c2)c1. The van der Waals surface area contributed by atoms with E-state index in [-0.39, 0.29) is 0 Å². The fourth-order valence-corrected chi connectivity index (χ4v) is 1.72. The molecule has 0 spiro atoms. The first kappa shape index (κ1) is 13.1. The Balaban J connectivity index is 2.26. The molecule has 2 aromatic rings. The van der Waals surface area contributed by atoms with Crippen LogP contribution >= 0.6 is 11.6 Å². The Morgan fingerprint density at radius 3 is 2.79 bits per heavy atom. The van der Waals surface area contributed by atoms with Gasteiger partial charge in [0.05, 0.1) is 22.2 Å². The fourth-order valence-electron chi connectivity index (χ4n) is 1.56. The Kier molecular flexibility index (Phi) is 3.84. The Morgan fingerprint density at radius 2 is 2.05 bits per heavy atom. The molecule has 0 saturated heterocycles. The van der Waals surface area contributed by atoms with Gasteiger partial charge < -0.3 is 4.74 Å². The van der Waals surface area contributed by atoms with Crippen molar-refractivity contribution in [2.24, 2.45) is 0 Å². The number of esters is 1. The predicted molar refractivity (Wildman–Crippen MR) is 72.3 cm³/mol. The van der Waals surface area contributed by atoms with Crippen LogP contribution in [0.15, 0.2) is 42.5 Å². The summed E-state index contributed by atoms with van der Waals surface area (Å²) in [5, 5.41) is 9.16. The minimum atomic E-state index is -0.537. The number of hydrogen-bond donors (Lipinski definition) is 0. The van der Waals surface area contributed by atoms with Crippen molar-refractivity contribution >= 4 is 17.6 Å². The molecule has 0 amide bonds. The highest BCUT2D eigenvalue weighted by molar-refractivity contribution is 6.32. The molecule has 0 atom stereocenters. The standard InChI is InChI=1S/C15H10ClNO2/c1-10-5-6-13(16)14(7-10)19-15(18)12-4-2-3-11(8-12)9-17/h2-8H,1H3. The van der Waals surface area contributed by atoms with Crippen molar-refractivity contribution in [2.75, 3.05) is 0 Å². The molecule has 3 nitrogen and oxygen atoms in total. The zero-order valence-electron chi connectivity index (χ0n) is 10.2. The van der Waals surface area contributed by atoms with E-state index in [9.17, 15) is 4.79 Å². The minimum Gasteiger partial charge on any atom is -0.421 e. The average Bonchev–Trinajstić information content (AvgIpc) is 2.43. The lowest BCUT2D eigenvalue weighted by molar-refractivity contribution is 0.0735. The van der Waals surface area contributed by atoms with Crippen LogP contribution in [0.1, 0.15) is 21.5 Å².